The smallest absolute Gasteiger partial charge is 0.342 e. The molecule has 0 unspecified atom stereocenters. The molecule has 1 atom stereocenters. The third-order valence-corrected chi connectivity index (χ3v) is 2.99. The first-order chi connectivity index (χ1) is 7.15. The molecule has 4 nitrogen and oxygen atoms in total. The quantitative estimate of drug-likeness (QED) is 0.789. The Morgan fingerprint density at radius 1 is 1.67 bits per heavy atom. The van der Waals surface area contributed by atoms with E-state index in [1.807, 2.05) is 6.07 Å². The van der Waals surface area contributed by atoms with Gasteiger partial charge in [-0.15, -0.1) is 0 Å². The van der Waals surface area contributed by atoms with E-state index in [4.69, 9.17) is 10.5 Å². The second-order valence-corrected chi connectivity index (χ2v) is 4.10. The van der Waals surface area contributed by atoms with Crippen molar-refractivity contribution in [2.24, 2.45) is 5.73 Å². The molecule has 1 aliphatic heterocycles. The van der Waals surface area contributed by atoms with E-state index in [2.05, 4.69) is 20.7 Å². The molecule has 2 N–H and O–H groups in total. The highest BCUT2D eigenvalue weighted by Gasteiger charge is 2.28. The number of fused-ring (bicyclic) bond motifs is 1. The normalized spacial score (nSPS) is 18.2. The van der Waals surface area contributed by atoms with E-state index in [9.17, 15) is 4.79 Å². The van der Waals surface area contributed by atoms with Crippen molar-refractivity contribution in [2.45, 2.75) is 6.04 Å². The van der Waals surface area contributed by atoms with E-state index in [-0.39, 0.29) is 6.04 Å². The molecule has 0 radical (unpaired) electrons. The Balaban J connectivity index is 2.58. The van der Waals surface area contributed by atoms with Crippen LogP contribution in [0.5, 0.6) is 5.75 Å². The molecule has 0 aliphatic carbocycles. The van der Waals surface area contributed by atoms with E-state index in [1.54, 1.807) is 6.07 Å². The van der Waals surface area contributed by atoms with Crippen LogP contribution in [0.3, 0.4) is 0 Å². The molecule has 5 heteroatoms. The lowest BCUT2D eigenvalue weighted by molar-refractivity contribution is 0.0596. The summed E-state index contributed by atoms with van der Waals surface area (Å²) in [7, 11) is 1.34. The number of hydrogen-bond acceptors (Lipinski definition) is 4. The van der Waals surface area contributed by atoms with E-state index in [0.717, 1.165) is 5.56 Å². The number of halogens is 1. The number of rotatable bonds is 1. The number of carbonyl (C=O) groups excluding carboxylic acids is 1. The van der Waals surface area contributed by atoms with Crippen molar-refractivity contribution in [3.8, 4) is 5.75 Å². The van der Waals surface area contributed by atoms with E-state index in [0.29, 0.717) is 22.4 Å². The maximum Gasteiger partial charge on any atom is 0.342 e. The van der Waals surface area contributed by atoms with Gasteiger partial charge in [0.05, 0.1) is 13.2 Å². The van der Waals surface area contributed by atoms with Gasteiger partial charge >= 0.3 is 5.97 Å². The highest BCUT2D eigenvalue weighted by atomic mass is 79.9. The van der Waals surface area contributed by atoms with E-state index < -0.39 is 5.97 Å². The summed E-state index contributed by atoms with van der Waals surface area (Å²) in [6.45, 7) is 0.399. The number of nitrogens with two attached hydrogens (primary N) is 1. The van der Waals surface area contributed by atoms with Crippen LogP contribution in [0.2, 0.25) is 0 Å². The fourth-order valence-corrected chi connectivity index (χ4v) is 2.05. The molecular formula is C10H10BrNO3. The van der Waals surface area contributed by atoms with Crippen LogP contribution in [-0.4, -0.2) is 19.7 Å². The largest absolute Gasteiger partial charge is 0.490 e. The lowest BCUT2D eigenvalue weighted by atomic mass is 10.1. The van der Waals surface area contributed by atoms with Crippen molar-refractivity contribution in [3.63, 3.8) is 0 Å². The predicted octanol–water partition coefficient (Wildman–Crippen LogP) is 1.63. The zero-order valence-corrected chi connectivity index (χ0v) is 9.71. The fourth-order valence-electron chi connectivity index (χ4n) is 1.58. The van der Waals surface area contributed by atoms with Gasteiger partial charge in [-0.05, 0) is 22.0 Å². The van der Waals surface area contributed by atoms with Gasteiger partial charge in [-0.1, -0.05) is 6.07 Å². The van der Waals surface area contributed by atoms with E-state index in [1.165, 1.54) is 7.11 Å². The van der Waals surface area contributed by atoms with Crippen LogP contribution in [0, 0.1) is 0 Å². The molecule has 15 heavy (non-hydrogen) atoms. The molecule has 80 valence electrons. The summed E-state index contributed by atoms with van der Waals surface area (Å²) >= 11 is 3.29. The number of hydrogen-bond donors (Lipinski definition) is 1. The van der Waals surface area contributed by atoms with E-state index >= 15 is 0 Å². The second-order valence-electron chi connectivity index (χ2n) is 3.25. The molecule has 1 heterocycles. The standard InChI is InChI=1S/C10H10BrNO3/c1-14-10(13)8-6(11)3-2-5-7(12)4-15-9(5)8/h2-3,7H,4,12H2,1H3/t7-/m0/s1. The summed E-state index contributed by atoms with van der Waals surface area (Å²) in [6.07, 6.45) is 0. The van der Waals surface area contributed by atoms with Gasteiger partial charge in [0.15, 0.2) is 0 Å². The van der Waals surface area contributed by atoms with Gasteiger partial charge < -0.3 is 15.2 Å². The minimum atomic E-state index is -0.423. The molecule has 2 rings (SSSR count). The van der Waals surface area contributed by atoms with Gasteiger partial charge in [0.1, 0.15) is 17.9 Å². The third kappa shape index (κ3) is 1.61. The first-order valence-corrected chi connectivity index (χ1v) is 5.23. The number of benzene rings is 1. The first-order valence-electron chi connectivity index (χ1n) is 4.44. The Morgan fingerprint density at radius 2 is 2.40 bits per heavy atom. The Hall–Kier alpha value is -1.07. The molecule has 0 bridgehead atoms. The zero-order chi connectivity index (χ0) is 11.0. The molecule has 0 saturated heterocycles. The topological polar surface area (TPSA) is 61.5 Å². The lowest BCUT2D eigenvalue weighted by Gasteiger charge is -2.08. The number of carbonyl (C=O) groups is 1. The van der Waals surface area contributed by atoms with Crippen LogP contribution in [0.1, 0.15) is 22.0 Å². The molecule has 0 saturated carbocycles. The highest BCUT2D eigenvalue weighted by Crippen LogP contribution is 2.38. The summed E-state index contributed by atoms with van der Waals surface area (Å²) < 4.78 is 10.7. The minimum Gasteiger partial charge on any atom is -0.490 e. The first kappa shape index (κ1) is 10.4. The summed E-state index contributed by atoms with van der Waals surface area (Å²) in [5, 5.41) is 0. The lowest BCUT2D eigenvalue weighted by Crippen LogP contribution is -2.10. The van der Waals surface area contributed by atoms with Crippen molar-refractivity contribution in [1.29, 1.82) is 0 Å². The maximum absolute atomic E-state index is 11.5. The van der Waals surface area contributed by atoms with Crippen molar-refractivity contribution in [1.82, 2.24) is 0 Å². The number of esters is 1. The van der Waals surface area contributed by atoms with Crippen LogP contribution in [0.15, 0.2) is 16.6 Å². The Labute approximate surface area is 95.5 Å². The average Bonchev–Trinajstić information content (AvgIpc) is 2.59. The Kier molecular flexibility index (Phi) is 2.67. The zero-order valence-electron chi connectivity index (χ0n) is 8.12. The molecule has 0 amide bonds. The van der Waals surface area contributed by atoms with Gasteiger partial charge in [-0.2, -0.15) is 0 Å². The predicted molar refractivity (Wildman–Crippen MR) is 57.9 cm³/mol. The van der Waals surface area contributed by atoms with Crippen molar-refractivity contribution < 1.29 is 14.3 Å². The summed E-state index contributed by atoms with van der Waals surface area (Å²) in [6, 6.07) is 3.46. The Morgan fingerprint density at radius 3 is 3.07 bits per heavy atom. The highest BCUT2D eigenvalue weighted by molar-refractivity contribution is 9.10. The fraction of sp³-hybridized carbons (Fsp3) is 0.300. The van der Waals surface area contributed by atoms with Gasteiger partial charge in [0, 0.05) is 10.0 Å². The van der Waals surface area contributed by atoms with Crippen LogP contribution in [0.4, 0.5) is 0 Å². The molecule has 0 fully saturated rings. The molecule has 1 aromatic carbocycles. The minimum absolute atomic E-state index is 0.170. The molecular weight excluding hydrogens is 262 g/mol. The SMILES string of the molecule is COC(=O)c1c(Br)ccc2c1OC[C@@H]2N. The van der Waals surface area contributed by atoms with Gasteiger partial charge in [0.25, 0.3) is 0 Å². The molecule has 1 aliphatic rings. The summed E-state index contributed by atoms with van der Waals surface area (Å²) in [4.78, 5) is 11.5. The number of ether oxygens (including phenoxy) is 2. The maximum atomic E-state index is 11.5. The van der Waals surface area contributed by atoms with Crippen molar-refractivity contribution >= 4 is 21.9 Å². The van der Waals surface area contributed by atoms with Crippen LogP contribution in [0.25, 0.3) is 0 Å². The average molecular weight is 272 g/mol. The van der Waals surface area contributed by atoms with Gasteiger partial charge in [-0.3, -0.25) is 0 Å². The van der Waals surface area contributed by atoms with Crippen LogP contribution >= 0.6 is 15.9 Å². The van der Waals surface area contributed by atoms with Crippen LogP contribution in [-0.2, 0) is 4.74 Å². The van der Waals surface area contributed by atoms with Crippen molar-refractivity contribution in [3.05, 3.63) is 27.7 Å². The van der Waals surface area contributed by atoms with Crippen LogP contribution < -0.4 is 10.5 Å². The summed E-state index contributed by atoms with van der Waals surface area (Å²) in [5.41, 5.74) is 7.07. The molecule has 1 aromatic rings. The number of methoxy groups -OCH3 is 1. The third-order valence-electron chi connectivity index (χ3n) is 2.33. The van der Waals surface area contributed by atoms with Gasteiger partial charge in [0.2, 0.25) is 0 Å². The second kappa shape index (κ2) is 3.83. The molecule has 0 spiro atoms. The summed E-state index contributed by atoms with van der Waals surface area (Å²) in [5.74, 6) is 0.108. The molecule has 0 aromatic heterocycles. The Bertz CT molecular complexity index is 419. The van der Waals surface area contributed by atoms with Gasteiger partial charge in [-0.25, -0.2) is 4.79 Å². The monoisotopic (exact) mass is 271 g/mol. The van der Waals surface area contributed by atoms with Crippen molar-refractivity contribution in [2.75, 3.05) is 13.7 Å².